The molecule has 0 radical (unpaired) electrons. The summed E-state index contributed by atoms with van der Waals surface area (Å²) in [6.45, 7) is 4.90. The van der Waals surface area contributed by atoms with E-state index >= 15 is 0 Å². The van der Waals surface area contributed by atoms with Crippen molar-refractivity contribution < 1.29 is 24.5 Å². The third-order valence-corrected chi connectivity index (χ3v) is 13.2. The van der Waals surface area contributed by atoms with Crippen LogP contribution in [0.3, 0.4) is 0 Å². The molecule has 0 fully saturated rings. The summed E-state index contributed by atoms with van der Waals surface area (Å²) in [4.78, 5) is 24.5. The molecule has 0 saturated heterocycles. The first-order chi connectivity index (χ1) is 32.0. The van der Waals surface area contributed by atoms with E-state index < -0.39 is 12.1 Å². The number of esters is 1. The van der Waals surface area contributed by atoms with E-state index in [1.165, 1.54) is 193 Å². The molecule has 0 aromatic heterocycles. The molecule has 0 aromatic rings. The average Bonchev–Trinajstić information content (AvgIpc) is 3.31. The van der Waals surface area contributed by atoms with Gasteiger partial charge in [0.1, 0.15) is 0 Å². The standard InChI is InChI=1S/C59H111NO5/c1-3-5-7-9-11-13-15-17-19-20-21-25-29-33-37-41-45-49-53-59(64)65-54-50-46-42-38-34-30-26-22-24-28-32-36-40-44-48-52-58(63)60-56(55-61)57(62)51-47-43-39-35-31-27-23-18-16-14-12-10-8-6-4-2/h19-20,22,26,30,34,56-57,61-62H,3-18,21,23-25,27-29,31-33,35-55H2,1-2H3,(H,60,63)/b20-19-,26-22-,34-30-. The molecule has 0 aromatic carbocycles. The quantitative estimate of drug-likeness (QED) is 0.0244. The van der Waals surface area contributed by atoms with Crippen molar-refractivity contribution in [2.24, 2.45) is 0 Å². The zero-order chi connectivity index (χ0) is 47.2. The molecule has 382 valence electrons. The fourth-order valence-corrected chi connectivity index (χ4v) is 8.74. The summed E-state index contributed by atoms with van der Waals surface area (Å²) in [6, 6.07) is -0.558. The number of carbonyl (C=O) groups excluding carboxylic acids is 2. The summed E-state index contributed by atoms with van der Waals surface area (Å²) in [5.41, 5.74) is 0. The third-order valence-electron chi connectivity index (χ3n) is 13.2. The molecule has 0 heterocycles. The monoisotopic (exact) mass is 914 g/mol. The van der Waals surface area contributed by atoms with Gasteiger partial charge in [0.15, 0.2) is 0 Å². The van der Waals surface area contributed by atoms with Gasteiger partial charge in [0.05, 0.1) is 25.4 Å². The average molecular weight is 915 g/mol. The Balaban J connectivity index is 3.51. The Hall–Kier alpha value is -1.92. The first kappa shape index (κ1) is 63.1. The van der Waals surface area contributed by atoms with Crippen LogP contribution in [0.25, 0.3) is 0 Å². The number of rotatable bonds is 53. The highest BCUT2D eigenvalue weighted by Gasteiger charge is 2.20. The minimum Gasteiger partial charge on any atom is -0.466 e. The molecule has 6 nitrogen and oxygen atoms in total. The number of ether oxygens (including phenoxy) is 1. The predicted octanol–water partition coefficient (Wildman–Crippen LogP) is 17.6. The van der Waals surface area contributed by atoms with Gasteiger partial charge in [-0.2, -0.15) is 0 Å². The van der Waals surface area contributed by atoms with Crippen molar-refractivity contribution in [2.45, 2.75) is 315 Å². The SMILES string of the molecule is CCCCCCCCC/C=C\CCCCCCCCCC(=O)OCCCCC/C=C\C=C/CCCCCCCCC(=O)NC(CO)C(O)CCCCCCCCCCCCCCCCC. The number of amides is 1. The van der Waals surface area contributed by atoms with E-state index in [1.807, 2.05) is 0 Å². The molecule has 2 unspecified atom stereocenters. The van der Waals surface area contributed by atoms with Crippen molar-refractivity contribution in [3.63, 3.8) is 0 Å². The molecule has 0 rings (SSSR count). The van der Waals surface area contributed by atoms with Gasteiger partial charge in [0, 0.05) is 12.8 Å². The Morgan fingerprint density at radius 2 is 0.769 bits per heavy atom. The minimum atomic E-state index is -0.679. The lowest BCUT2D eigenvalue weighted by Gasteiger charge is -2.22. The first-order valence-corrected chi connectivity index (χ1v) is 28.8. The van der Waals surface area contributed by atoms with Crippen molar-refractivity contribution >= 4 is 11.9 Å². The molecule has 0 saturated carbocycles. The molecule has 2 atom stereocenters. The van der Waals surface area contributed by atoms with Gasteiger partial charge in [-0.1, -0.05) is 243 Å². The summed E-state index contributed by atoms with van der Waals surface area (Å²) < 4.78 is 5.46. The molecule has 0 bridgehead atoms. The number of allylic oxidation sites excluding steroid dienone is 6. The Kier molecular flexibility index (Phi) is 53.1. The number of carbonyl (C=O) groups is 2. The van der Waals surface area contributed by atoms with Gasteiger partial charge in [-0.3, -0.25) is 9.59 Å². The lowest BCUT2D eigenvalue weighted by molar-refractivity contribution is -0.143. The van der Waals surface area contributed by atoms with E-state index in [0.29, 0.717) is 25.9 Å². The number of nitrogens with one attached hydrogen (secondary N) is 1. The van der Waals surface area contributed by atoms with Crippen LogP contribution < -0.4 is 5.32 Å². The number of aliphatic hydroxyl groups is 2. The van der Waals surface area contributed by atoms with Crippen molar-refractivity contribution in [3.8, 4) is 0 Å². The Morgan fingerprint density at radius 1 is 0.431 bits per heavy atom. The highest BCUT2D eigenvalue weighted by atomic mass is 16.5. The van der Waals surface area contributed by atoms with Gasteiger partial charge in [0.2, 0.25) is 5.91 Å². The van der Waals surface area contributed by atoms with Crippen LogP contribution in [0.2, 0.25) is 0 Å². The van der Waals surface area contributed by atoms with Gasteiger partial charge < -0.3 is 20.3 Å². The fourth-order valence-electron chi connectivity index (χ4n) is 8.74. The maximum Gasteiger partial charge on any atom is 0.305 e. The van der Waals surface area contributed by atoms with Gasteiger partial charge in [0.25, 0.3) is 0 Å². The van der Waals surface area contributed by atoms with Crippen LogP contribution in [0.1, 0.15) is 303 Å². The number of hydrogen-bond donors (Lipinski definition) is 3. The lowest BCUT2D eigenvalue weighted by Crippen LogP contribution is -2.45. The largest absolute Gasteiger partial charge is 0.466 e. The normalized spacial score (nSPS) is 12.9. The van der Waals surface area contributed by atoms with Crippen LogP contribution >= 0.6 is 0 Å². The molecule has 1 amide bonds. The minimum absolute atomic E-state index is 0.0246. The van der Waals surface area contributed by atoms with E-state index in [9.17, 15) is 19.8 Å². The molecule has 0 spiro atoms. The van der Waals surface area contributed by atoms with Crippen LogP contribution in [0.5, 0.6) is 0 Å². The number of hydrogen-bond acceptors (Lipinski definition) is 5. The highest BCUT2D eigenvalue weighted by molar-refractivity contribution is 5.76. The molecule has 3 N–H and O–H groups in total. The zero-order valence-electron chi connectivity index (χ0n) is 43.5. The second-order valence-electron chi connectivity index (χ2n) is 19.6. The predicted molar refractivity (Wildman–Crippen MR) is 283 cm³/mol. The lowest BCUT2D eigenvalue weighted by atomic mass is 10.0. The molecule has 65 heavy (non-hydrogen) atoms. The van der Waals surface area contributed by atoms with Crippen LogP contribution in [-0.4, -0.2) is 47.4 Å². The topological polar surface area (TPSA) is 95.9 Å². The molecular formula is C59H111NO5. The van der Waals surface area contributed by atoms with Gasteiger partial charge in [-0.25, -0.2) is 0 Å². The Labute approximate surface area is 404 Å². The van der Waals surface area contributed by atoms with Crippen LogP contribution in [0.15, 0.2) is 36.5 Å². The van der Waals surface area contributed by atoms with Crippen molar-refractivity contribution in [1.82, 2.24) is 5.32 Å². The second kappa shape index (κ2) is 54.7. The van der Waals surface area contributed by atoms with Crippen molar-refractivity contribution in [2.75, 3.05) is 13.2 Å². The Morgan fingerprint density at radius 3 is 1.18 bits per heavy atom. The molecule has 0 aliphatic carbocycles. The van der Waals surface area contributed by atoms with E-state index in [-0.39, 0.29) is 18.5 Å². The van der Waals surface area contributed by atoms with E-state index in [0.717, 1.165) is 77.0 Å². The molecule has 6 heteroatoms. The van der Waals surface area contributed by atoms with Crippen LogP contribution in [0, 0.1) is 0 Å². The molecule has 0 aliphatic heterocycles. The van der Waals surface area contributed by atoms with E-state index in [1.54, 1.807) is 0 Å². The van der Waals surface area contributed by atoms with E-state index in [4.69, 9.17) is 4.74 Å². The van der Waals surface area contributed by atoms with Crippen LogP contribution in [0.4, 0.5) is 0 Å². The smallest absolute Gasteiger partial charge is 0.305 e. The van der Waals surface area contributed by atoms with E-state index in [2.05, 4.69) is 55.6 Å². The van der Waals surface area contributed by atoms with Crippen molar-refractivity contribution in [3.05, 3.63) is 36.5 Å². The zero-order valence-corrected chi connectivity index (χ0v) is 43.5. The van der Waals surface area contributed by atoms with Gasteiger partial charge >= 0.3 is 5.97 Å². The van der Waals surface area contributed by atoms with Gasteiger partial charge in [-0.05, 0) is 83.5 Å². The summed E-state index contributed by atoms with van der Waals surface area (Å²) in [5, 5.41) is 23.2. The Bertz CT molecular complexity index is 1060. The van der Waals surface area contributed by atoms with Gasteiger partial charge in [-0.15, -0.1) is 0 Å². The maximum absolute atomic E-state index is 12.5. The molecular weight excluding hydrogens is 803 g/mol. The first-order valence-electron chi connectivity index (χ1n) is 28.8. The fraction of sp³-hybridized carbons (Fsp3) is 0.864. The second-order valence-corrected chi connectivity index (χ2v) is 19.6. The number of unbranched alkanes of at least 4 members (excludes halogenated alkanes) is 37. The van der Waals surface area contributed by atoms with Crippen molar-refractivity contribution in [1.29, 1.82) is 0 Å². The summed E-state index contributed by atoms with van der Waals surface area (Å²) in [5.74, 6) is -0.0816. The molecule has 0 aliphatic rings. The highest BCUT2D eigenvalue weighted by Crippen LogP contribution is 2.16. The summed E-state index contributed by atoms with van der Waals surface area (Å²) in [7, 11) is 0. The maximum atomic E-state index is 12.5. The third kappa shape index (κ3) is 51.3. The number of aliphatic hydroxyl groups excluding tert-OH is 2. The summed E-state index contributed by atoms with van der Waals surface area (Å²) >= 11 is 0. The summed E-state index contributed by atoms with van der Waals surface area (Å²) in [6.07, 6.45) is 67.0. The van der Waals surface area contributed by atoms with Crippen LogP contribution in [-0.2, 0) is 14.3 Å².